The van der Waals surface area contributed by atoms with Crippen LogP contribution < -0.4 is 9.47 Å². The summed E-state index contributed by atoms with van der Waals surface area (Å²) in [6.45, 7) is 10.4. The van der Waals surface area contributed by atoms with Crippen molar-refractivity contribution >= 4 is 43.1 Å². The van der Waals surface area contributed by atoms with E-state index in [2.05, 4.69) is 113 Å². The molecular weight excluding hydrogens is 560 g/mol. The van der Waals surface area contributed by atoms with E-state index in [9.17, 15) is 0 Å². The lowest BCUT2D eigenvalue weighted by Crippen LogP contribution is -2.02. The molecular formula is C44H50O2. The van der Waals surface area contributed by atoms with E-state index in [1.165, 1.54) is 117 Å². The van der Waals surface area contributed by atoms with E-state index in [0.29, 0.717) is 0 Å². The highest BCUT2D eigenvalue weighted by Crippen LogP contribution is 2.50. The lowest BCUT2D eigenvalue weighted by molar-refractivity contribution is 0.311. The Hall–Kier alpha value is -4.04. The van der Waals surface area contributed by atoms with Gasteiger partial charge in [-0.05, 0) is 59.4 Å². The smallest absolute Gasteiger partial charge is 0.134 e. The Morgan fingerprint density at radius 2 is 0.761 bits per heavy atom. The van der Waals surface area contributed by atoms with Crippen molar-refractivity contribution in [2.45, 2.75) is 91.9 Å². The molecule has 0 aliphatic heterocycles. The Kier molecular flexibility index (Phi) is 10.4. The molecule has 0 bridgehead atoms. The normalized spacial score (nSPS) is 11.7. The van der Waals surface area contributed by atoms with Crippen molar-refractivity contribution in [3.8, 4) is 22.6 Å². The van der Waals surface area contributed by atoms with Gasteiger partial charge < -0.3 is 9.47 Å². The molecule has 6 rings (SSSR count). The van der Waals surface area contributed by atoms with Gasteiger partial charge in [-0.2, -0.15) is 0 Å². The van der Waals surface area contributed by atoms with Crippen molar-refractivity contribution in [3.63, 3.8) is 0 Å². The van der Waals surface area contributed by atoms with Crippen molar-refractivity contribution < 1.29 is 9.47 Å². The Morgan fingerprint density at radius 3 is 1.17 bits per heavy atom. The molecule has 238 valence electrons. The Labute approximate surface area is 275 Å². The quantitative estimate of drug-likeness (QED) is 0.0850. The first-order chi connectivity index (χ1) is 22.6. The van der Waals surface area contributed by atoms with Crippen molar-refractivity contribution in [2.24, 2.45) is 0 Å². The Bertz CT molecular complexity index is 1810. The van der Waals surface area contributed by atoms with Gasteiger partial charge in [0.15, 0.2) is 0 Å². The second kappa shape index (κ2) is 15.0. The molecule has 6 aromatic rings. The van der Waals surface area contributed by atoms with Crippen LogP contribution in [0.2, 0.25) is 0 Å². The third kappa shape index (κ3) is 6.59. The van der Waals surface area contributed by atoms with Crippen LogP contribution in [0.3, 0.4) is 0 Å². The van der Waals surface area contributed by atoms with Gasteiger partial charge in [0.05, 0.1) is 13.2 Å². The minimum absolute atomic E-state index is 0.742. The number of hydrogen-bond acceptors (Lipinski definition) is 2. The Morgan fingerprint density at radius 1 is 0.391 bits per heavy atom. The van der Waals surface area contributed by atoms with Crippen molar-refractivity contribution in [3.05, 3.63) is 96.1 Å². The first kappa shape index (κ1) is 31.9. The molecule has 0 atom stereocenters. The van der Waals surface area contributed by atoms with Gasteiger partial charge >= 0.3 is 0 Å². The molecule has 2 heteroatoms. The predicted molar refractivity (Wildman–Crippen MR) is 200 cm³/mol. The minimum Gasteiger partial charge on any atom is -0.492 e. The molecule has 0 aliphatic carbocycles. The van der Waals surface area contributed by atoms with Crippen LogP contribution in [0.15, 0.2) is 84.9 Å². The minimum atomic E-state index is 0.742. The highest BCUT2D eigenvalue weighted by atomic mass is 16.5. The summed E-state index contributed by atoms with van der Waals surface area (Å²) in [4.78, 5) is 0. The van der Waals surface area contributed by atoms with Crippen LogP contribution in [-0.2, 0) is 0 Å². The fourth-order valence-electron chi connectivity index (χ4n) is 7.11. The lowest BCUT2D eigenvalue weighted by Gasteiger charge is -2.22. The van der Waals surface area contributed by atoms with Crippen LogP contribution in [-0.4, -0.2) is 13.2 Å². The molecule has 0 saturated heterocycles. The van der Waals surface area contributed by atoms with Crippen molar-refractivity contribution in [2.75, 3.05) is 13.2 Å². The maximum absolute atomic E-state index is 6.72. The molecule has 46 heavy (non-hydrogen) atoms. The van der Waals surface area contributed by atoms with Crippen LogP contribution in [0.5, 0.6) is 11.5 Å². The molecule has 0 heterocycles. The highest BCUT2D eigenvalue weighted by molar-refractivity contribution is 6.26. The summed E-state index contributed by atoms with van der Waals surface area (Å²) in [5.41, 5.74) is 5.06. The van der Waals surface area contributed by atoms with Gasteiger partial charge in [-0.15, -0.1) is 0 Å². The van der Waals surface area contributed by atoms with Crippen LogP contribution >= 0.6 is 0 Å². The highest BCUT2D eigenvalue weighted by Gasteiger charge is 2.22. The number of benzene rings is 6. The molecule has 0 saturated carbocycles. The number of hydrogen-bond donors (Lipinski definition) is 0. The lowest BCUT2D eigenvalue weighted by atomic mass is 9.84. The van der Waals surface area contributed by atoms with Crippen molar-refractivity contribution in [1.82, 2.24) is 0 Å². The van der Waals surface area contributed by atoms with Crippen molar-refractivity contribution in [1.29, 1.82) is 0 Å². The summed E-state index contributed by atoms with van der Waals surface area (Å²) in [6.07, 6.45) is 12.2. The third-order valence-corrected chi connectivity index (χ3v) is 9.50. The van der Waals surface area contributed by atoms with E-state index >= 15 is 0 Å². The van der Waals surface area contributed by atoms with Gasteiger partial charge in [0.2, 0.25) is 0 Å². The number of unbranched alkanes of at least 4 members (excludes halogenated alkanes) is 8. The number of ether oxygens (including phenoxy) is 2. The molecule has 0 amide bonds. The van der Waals surface area contributed by atoms with Gasteiger partial charge in [-0.25, -0.2) is 0 Å². The standard InChI is InChI=1S/C44H50O2/c1-5-7-9-11-17-27-45-43-35-21-15-13-19-33(35)41(39-29-31(3)23-25-37(39)43)42-34-20-14-16-22-36(34)44(46-28-18-12-10-8-6-2)38-26-24-32(4)30-40(38)42/h13-16,19-26,29-30H,5-12,17-18,27-28H2,1-4H3. The maximum Gasteiger partial charge on any atom is 0.134 e. The molecule has 0 N–H and O–H groups in total. The van der Waals surface area contributed by atoms with Gasteiger partial charge in [0, 0.05) is 21.5 Å². The summed E-state index contributed by atoms with van der Waals surface area (Å²) < 4.78 is 13.4. The van der Waals surface area contributed by atoms with Gasteiger partial charge in [-0.3, -0.25) is 0 Å². The van der Waals surface area contributed by atoms with Crippen LogP contribution in [0, 0.1) is 13.8 Å². The molecule has 6 aromatic carbocycles. The fourth-order valence-corrected chi connectivity index (χ4v) is 7.11. The second-order valence-corrected chi connectivity index (χ2v) is 13.1. The first-order valence-electron chi connectivity index (χ1n) is 17.8. The van der Waals surface area contributed by atoms with Crippen LogP contribution in [0.25, 0.3) is 54.2 Å². The van der Waals surface area contributed by atoms with Gasteiger partial charge in [-0.1, -0.05) is 161 Å². The molecule has 0 radical (unpaired) electrons. The zero-order valence-electron chi connectivity index (χ0n) is 28.4. The number of fused-ring (bicyclic) bond motifs is 4. The monoisotopic (exact) mass is 610 g/mol. The average Bonchev–Trinajstić information content (AvgIpc) is 3.07. The van der Waals surface area contributed by atoms with E-state index in [4.69, 9.17) is 9.47 Å². The summed E-state index contributed by atoms with van der Waals surface area (Å²) in [5, 5.41) is 9.70. The topological polar surface area (TPSA) is 18.5 Å². The zero-order valence-corrected chi connectivity index (χ0v) is 28.4. The Balaban J connectivity index is 1.57. The molecule has 2 nitrogen and oxygen atoms in total. The molecule has 0 aliphatic rings. The third-order valence-electron chi connectivity index (χ3n) is 9.50. The largest absolute Gasteiger partial charge is 0.492 e. The summed E-state index contributed by atoms with van der Waals surface area (Å²) in [5.74, 6) is 2.02. The van der Waals surface area contributed by atoms with E-state index < -0.39 is 0 Å². The fraction of sp³-hybridized carbons (Fsp3) is 0.364. The number of aryl methyl sites for hydroxylation is 2. The summed E-state index contributed by atoms with van der Waals surface area (Å²) >= 11 is 0. The average molecular weight is 611 g/mol. The zero-order chi connectivity index (χ0) is 31.9. The summed E-state index contributed by atoms with van der Waals surface area (Å²) in [7, 11) is 0. The maximum atomic E-state index is 6.72. The molecule has 0 aromatic heterocycles. The molecule has 0 fully saturated rings. The van der Waals surface area contributed by atoms with Crippen LogP contribution in [0.1, 0.15) is 89.2 Å². The SMILES string of the molecule is CCCCCCCOc1c2ccccc2c(-c2c3ccccc3c(OCCCCCCC)c3ccc(C)cc23)c2cc(C)ccc12. The van der Waals surface area contributed by atoms with E-state index in [-0.39, 0.29) is 0 Å². The first-order valence-corrected chi connectivity index (χ1v) is 17.8. The number of rotatable bonds is 15. The second-order valence-electron chi connectivity index (χ2n) is 13.1. The van der Waals surface area contributed by atoms with E-state index in [1.54, 1.807) is 0 Å². The van der Waals surface area contributed by atoms with Gasteiger partial charge in [0.1, 0.15) is 11.5 Å². The van der Waals surface area contributed by atoms with Gasteiger partial charge in [0.25, 0.3) is 0 Å². The van der Waals surface area contributed by atoms with Crippen LogP contribution in [0.4, 0.5) is 0 Å². The molecule has 0 unspecified atom stereocenters. The summed E-state index contributed by atoms with van der Waals surface area (Å²) in [6, 6.07) is 31.5. The predicted octanol–water partition coefficient (Wildman–Crippen LogP) is 13.3. The molecule has 0 spiro atoms. The van der Waals surface area contributed by atoms with E-state index in [1.807, 2.05) is 0 Å². The van der Waals surface area contributed by atoms with E-state index in [0.717, 1.165) is 37.6 Å².